The number of anilines is 1. The number of tetrazole rings is 1. The molecule has 2 aromatic heterocycles. The number of aromatic nitrogens is 6. The summed E-state index contributed by atoms with van der Waals surface area (Å²) in [5.74, 6) is 0. The van der Waals surface area contributed by atoms with Crippen molar-refractivity contribution in [1.82, 2.24) is 30.4 Å². The zero-order chi connectivity index (χ0) is 13.9. The second kappa shape index (κ2) is 5.12. The van der Waals surface area contributed by atoms with Gasteiger partial charge in [-0.3, -0.25) is 5.10 Å². The maximum Gasteiger partial charge on any atom is 0.143 e. The van der Waals surface area contributed by atoms with Gasteiger partial charge in [0.25, 0.3) is 0 Å². The van der Waals surface area contributed by atoms with Gasteiger partial charge in [-0.1, -0.05) is 6.07 Å². The monoisotopic (exact) mass is 269 g/mol. The van der Waals surface area contributed by atoms with Gasteiger partial charge in [0.1, 0.15) is 6.33 Å². The van der Waals surface area contributed by atoms with Crippen molar-refractivity contribution in [1.29, 1.82) is 0 Å². The van der Waals surface area contributed by atoms with Crippen LogP contribution < -0.4 is 5.32 Å². The van der Waals surface area contributed by atoms with E-state index in [0.29, 0.717) is 0 Å². The number of nitrogens with zero attached hydrogens (tertiary/aromatic N) is 5. The number of nitrogens with one attached hydrogen (secondary N) is 2. The lowest BCUT2D eigenvalue weighted by atomic mass is 10.1. The number of aromatic amines is 1. The van der Waals surface area contributed by atoms with E-state index in [1.165, 1.54) is 5.56 Å². The lowest BCUT2D eigenvalue weighted by molar-refractivity contribution is 0.789. The van der Waals surface area contributed by atoms with E-state index < -0.39 is 0 Å². The predicted molar refractivity (Wildman–Crippen MR) is 74.5 cm³/mol. The summed E-state index contributed by atoms with van der Waals surface area (Å²) in [6.07, 6.45) is 3.41. The van der Waals surface area contributed by atoms with E-state index in [2.05, 4.69) is 38.0 Å². The summed E-state index contributed by atoms with van der Waals surface area (Å²) in [4.78, 5) is 0. The number of benzene rings is 1. The first-order valence-corrected chi connectivity index (χ1v) is 6.31. The van der Waals surface area contributed by atoms with Crippen molar-refractivity contribution in [2.45, 2.75) is 20.4 Å². The summed E-state index contributed by atoms with van der Waals surface area (Å²) in [7, 11) is 0. The van der Waals surface area contributed by atoms with Crippen molar-refractivity contribution in [3.8, 4) is 5.69 Å². The molecular formula is C13H15N7. The Hall–Kier alpha value is -2.70. The van der Waals surface area contributed by atoms with Gasteiger partial charge in [0.2, 0.25) is 0 Å². The maximum absolute atomic E-state index is 4.02. The molecule has 3 rings (SSSR count). The van der Waals surface area contributed by atoms with Gasteiger partial charge in [-0.2, -0.15) is 5.10 Å². The van der Waals surface area contributed by atoms with E-state index in [1.54, 1.807) is 11.0 Å². The average molecular weight is 269 g/mol. The Kier molecular flexibility index (Phi) is 3.16. The third-order valence-corrected chi connectivity index (χ3v) is 3.24. The van der Waals surface area contributed by atoms with Crippen molar-refractivity contribution >= 4 is 5.69 Å². The van der Waals surface area contributed by atoms with Crippen molar-refractivity contribution in [3.63, 3.8) is 0 Å². The van der Waals surface area contributed by atoms with Crippen LogP contribution in [0.5, 0.6) is 0 Å². The fraction of sp³-hybridized carbons (Fsp3) is 0.231. The molecule has 0 bridgehead atoms. The molecule has 0 aliphatic heterocycles. The minimum absolute atomic E-state index is 0.724. The summed E-state index contributed by atoms with van der Waals surface area (Å²) in [6, 6.07) is 6.06. The van der Waals surface area contributed by atoms with Crippen LogP contribution in [0.2, 0.25) is 0 Å². The van der Waals surface area contributed by atoms with E-state index in [4.69, 9.17) is 0 Å². The minimum Gasteiger partial charge on any atom is -0.381 e. The Labute approximate surface area is 116 Å². The first kappa shape index (κ1) is 12.3. The standard InChI is InChI=1S/C13H15N7/c1-9-3-4-12(20-8-16-18-19-20)5-13(9)14-6-11-7-15-17-10(11)2/h3-5,7-8,14H,6H2,1-2H3,(H,15,17). The normalized spacial score (nSPS) is 10.7. The molecular weight excluding hydrogens is 254 g/mol. The van der Waals surface area contributed by atoms with Crippen LogP contribution in [0.1, 0.15) is 16.8 Å². The quantitative estimate of drug-likeness (QED) is 0.751. The zero-order valence-corrected chi connectivity index (χ0v) is 11.3. The SMILES string of the molecule is Cc1ccc(-n2cnnn2)cc1NCc1cn[nH]c1C. The molecule has 102 valence electrons. The highest BCUT2D eigenvalue weighted by Crippen LogP contribution is 2.20. The Morgan fingerprint density at radius 3 is 2.90 bits per heavy atom. The summed E-state index contributed by atoms with van der Waals surface area (Å²) in [5, 5.41) is 21.6. The molecule has 0 spiro atoms. The van der Waals surface area contributed by atoms with Gasteiger partial charge in [-0.15, -0.1) is 5.10 Å². The Balaban J connectivity index is 1.82. The van der Waals surface area contributed by atoms with Crippen LogP contribution in [0.3, 0.4) is 0 Å². The number of H-pyrrole nitrogens is 1. The van der Waals surface area contributed by atoms with E-state index in [-0.39, 0.29) is 0 Å². The fourth-order valence-electron chi connectivity index (χ4n) is 1.97. The van der Waals surface area contributed by atoms with Crippen LogP contribution in [0, 0.1) is 13.8 Å². The Bertz CT molecular complexity index is 699. The summed E-state index contributed by atoms with van der Waals surface area (Å²) < 4.78 is 1.63. The topological polar surface area (TPSA) is 84.3 Å². The van der Waals surface area contributed by atoms with E-state index in [0.717, 1.165) is 29.2 Å². The van der Waals surface area contributed by atoms with Gasteiger partial charge >= 0.3 is 0 Å². The van der Waals surface area contributed by atoms with Crippen LogP contribution >= 0.6 is 0 Å². The highest BCUT2D eigenvalue weighted by molar-refractivity contribution is 5.56. The zero-order valence-electron chi connectivity index (χ0n) is 11.3. The van der Waals surface area contributed by atoms with Gasteiger partial charge < -0.3 is 5.32 Å². The van der Waals surface area contributed by atoms with Gasteiger partial charge in [0.15, 0.2) is 0 Å². The second-order valence-electron chi connectivity index (χ2n) is 4.63. The molecule has 0 aliphatic rings. The van der Waals surface area contributed by atoms with Crippen LogP contribution in [0.25, 0.3) is 5.69 Å². The van der Waals surface area contributed by atoms with Crippen molar-refractivity contribution in [2.75, 3.05) is 5.32 Å². The molecule has 0 saturated carbocycles. The van der Waals surface area contributed by atoms with Gasteiger partial charge in [0.05, 0.1) is 11.9 Å². The van der Waals surface area contributed by atoms with Gasteiger partial charge in [-0.25, -0.2) is 4.68 Å². The number of aryl methyl sites for hydroxylation is 2. The van der Waals surface area contributed by atoms with E-state index in [9.17, 15) is 0 Å². The van der Waals surface area contributed by atoms with Crippen molar-refractivity contribution in [2.24, 2.45) is 0 Å². The highest BCUT2D eigenvalue weighted by atomic mass is 15.5. The molecule has 0 unspecified atom stereocenters. The van der Waals surface area contributed by atoms with Crippen LogP contribution in [-0.4, -0.2) is 30.4 Å². The molecule has 2 N–H and O–H groups in total. The summed E-state index contributed by atoms with van der Waals surface area (Å²) >= 11 is 0. The molecule has 0 fully saturated rings. The first-order chi connectivity index (χ1) is 9.74. The lowest BCUT2D eigenvalue weighted by Gasteiger charge is -2.11. The largest absolute Gasteiger partial charge is 0.381 e. The molecule has 0 radical (unpaired) electrons. The summed E-state index contributed by atoms with van der Waals surface area (Å²) in [5.41, 5.74) is 5.37. The molecule has 0 aliphatic carbocycles. The molecule has 0 amide bonds. The smallest absolute Gasteiger partial charge is 0.143 e. The van der Waals surface area contributed by atoms with E-state index in [1.807, 2.05) is 31.3 Å². The molecule has 20 heavy (non-hydrogen) atoms. The molecule has 3 aromatic rings. The van der Waals surface area contributed by atoms with Gasteiger partial charge in [-0.05, 0) is 42.0 Å². The minimum atomic E-state index is 0.724. The van der Waals surface area contributed by atoms with Crippen LogP contribution in [-0.2, 0) is 6.54 Å². The third kappa shape index (κ3) is 2.37. The van der Waals surface area contributed by atoms with E-state index >= 15 is 0 Å². The summed E-state index contributed by atoms with van der Waals surface area (Å²) in [6.45, 7) is 4.80. The fourth-order valence-corrected chi connectivity index (χ4v) is 1.97. The Morgan fingerprint density at radius 2 is 2.20 bits per heavy atom. The van der Waals surface area contributed by atoms with Crippen molar-refractivity contribution in [3.05, 3.63) is 47.5 Å². The third-order valence-electron chi connectivity index (χ3n) is 3.24. The molecule has 1 aromatic carbocycles. The molecule has 2 heterocycles. The number of hydrogen-bond donors (Lipinski definition) is 2. The molecule has 7 nitrogen and oxygen atoms in total. The average Bonchev–Trinajstić information content (AvgIpc) is 3.10. The molecule has 0 atom stereocenters. The highest BCUT2D eigenvalue weighted by Gasteiger charge is 2.05. The van der Waals surface area contributed by atoms with Crippen molar-refractivity contribution < 1.29 is 0 Å². The molecule has 0 saturated heterocycles. The first-order valence-electron chi connectivity index (χ1n) is 6.31. The predicted octanol–water partition coefficient (Wildman–Crippen LogP) is 1.61. The molecule has 7 heteroatoms. The lowest BCUT2D eigenvalue weighted by Crippen LogP contribution is -2.03. The van der Waals surface area contributed by atoms with Gasteiger partial charge in [0, 0.05) is 23.5 Å². The number of hydrogen-bond acceptors (Lipinski definition) is 5. The second-order valence-corrected chi connectivity index (χ2v) is 4.63. The number of rotatable bonds is 4. The van der Waals surface area contributed by atoms with Crippen LogP contribution in [0.15, 0.2) is 30.7 Å². The Morgan fingerprint density at radius 1 is 1.30 bits per heavy atom. The van der Waals surface area contributed by atoms with Crippen LogP contribution in [0.4, 0.5) is 5.69 Å². The maximum atomic E-state index is 4.02.